The van der Waals surface area contributed by atoms with Crippen LogP contribution in [0.3, 0.4) is 0 Å². The third-order valence-electron chi connectivity index (χ3n) is 2.63. The van der Waals surface area contributed by atoms with E-state index in [0.717, 1.165) is 24.5 Å². The van der Waals surface area contributed by atoms with Crippen LogP contribution in [0.2, 0.25) is 0 Å². The summed E-state index contributed by atoms with van der Waals surface area (Å²) in [5.41, 5.74) is 0. The minimum absolute atomic E-state index is 0.0538. The molecular weight excluding hydrogens is 293 g/mol. The molecule has 0 aromatic carbocycles. The summed E-state index contributed by atoms with van der Waals surface area (Å²) in [7, 11) is -0.117. The van der Waals surface area contributed by atoms with Crippen LogP contribution in [0.1, 0.15) is 32.1 Å². The average Bonchev–Trinajstić information content (AvgIpc) is 2.75. The summed E-state index contributed by atoms with van der Waals surface area (Å²) in [6.07, 6.45) is 4.49. The molecule has 1 aliphatic rings. The first-order valence-electron chi connectivity index (χ1n) is 6.07. The Labute approximate surface area is 115 Å². The molecule has 8 heteroatoms. The monoisotopic (exact) mass is 313 g/mol. The number of amides is 1. The molecule has 5 nitrogen and oxygen atoms in total. The second kappa shape index (κ2) is 8.48. The highest BCUT2D eigenvalue weighted by atomic mass is 33.1. The highest BCUT2D eigenvalue weighted by Gasteiger charge is 2.16. The normalized spacial score (nSPS) is 20.0. The number of rotatable bonds is 8. The molecule has 1 amide bonds. The maximum absolute atomic E-state index is 11.4. The molecule has 1 aliphatic heterocycles. The molecule has 0 saturated carbocycles. The second-order valence-electron chi connectivity index (χ2n) is 4.31. The van der Waals surface area contributed by atoms with Crippen LogP contribution in [0, 0.1) is 0 Å². The molecule has 1 unspecified atom stereocenters. The SMILES string of the molecule is O=C(CCCCC1CCSS1)NCCP(=O)(O)O. The van der Waals surface area contributed by atoms with Crippen molar-refractivity contribution in [1.29, 1.82) is 0 Å². The summed E-state index contributed by atoms with van der Waals surface area (Å²) < 4.78 is 10.6. The summed E-state index contributed by atoms with van der Waals surface area (Å²) in [4.78, 5) is 28.6. The van der Waals surface area contributed by atoms with Crippen molar-refractivity contribution in [1.82, 2.24) is 5.32 Å². The van der Waals surface area contributed by atoms with Crippen LogP contribution in [0.5, 0.6) is 0 Å². The Hall–Kier alpha value is 0.320. The molecule has 0 aromatic heterocycles. The molecule has 1 heterocycles. The molecule has 1 atom stereocenters. The molecule has 0 aliphatic carbocycles. The minimum Gasteiger partial charge on any atom is -0.355 e. The first-order valence-corrected chi connectivity index (χ1v) is 10.2. The Balaban J connectivity index is 1.94. The van der Waals surface area contributed by atoms with Crippen LogP contribution in [-0.2, 0) is 9.36 Å². The summed E-state index contributed by atoms with van der Waals surface area (Å²) in [6.45, 7) is 0.0538. The molecule has 0 aromatic rings. The van der Waals surface area contributed by atoms with E-state index in [1.54, 1.807) is 0 Å². The lowest BCUT2D eigenvalue weighted by Crippen LogP contribution is -2.26. The van der Waals surface area contributed by atoms with Crippen molar-refractivity contribution in [3.8, 4) is 0 Å². The van der Waals surface area contributed by atoms with Crippen LogP contribution in [0.25, 0.3) is 0 Å². The standard InChI is InChI=1S/C10H20NO4PS2/c12-10(11-6-7-16(13,14)15)4-2-1-3-9-5-8-17-18-9/h9H,1-8H2,(H,11,12)(H2,13,14,15). The second-order valence-corrected chi connectivity index (χ2v) is 8.88. The van der Waals surface area contributed by atoms with Crippen LogP contribution in [0.15, 0.2) is 0 Å². The summed E-state index contributed by atoms with van der Waals surface area (Å²) in [5, 5.41) is 3.27. The van der Waals surface area contributed by atoms with Crippen molar-refractivity contribution >= 4 is 35.1 Å². The van der Waals surface area contributed by atoms with E-state index in [1.807, 2.05) is 21.6 Å². The molecule has 0 spiro atoms. The third-order valence-corrected chi connectivity index (χ3v) is 6.45. The zero-order valence-electron chi connectivity index (χ0n) is 10.2. The zero-order chi connectivity index (χ0) is 13.4. The Kier molecular flexibility index (Phi) is 7.72. The van der Waals surface area contributed by atoms with Crippen LogP contribution in [0.4, 0.5) is 0 Å². The van der Waals surface area contributed by atoms with Crippen LogP contribution in [-0.4, -0.2) is 39.4 Å². The van der Waals surface area contributed by atoms with Gasteiger partial charge in [-0.05, 0) is 19.3 Å². The Morgan fingerprint density at radius 3 is 2.78 bits per heavy atom. The highest BCUT2D eigenvalue weighted by molar-refractivity contribution is 8.77. The molecule has 1 saturated heterocycles. The molecule has 0 radical (unpaired) electrons. The van der Waals surface area contributed by atoms with Gasteiger partial charge in [-0.25, -0.2) is 0 Å². The van der Waals surface area contributed by atoms with Crippen LogP contribution < -0.4 is 5.32 Å². The fourth-order valence-electron chi connectivity index (χ4n) is 1.65. The van der Waals surface area contributed by atoms with Gasteiger partial charge in [0.1, 0.15) is 0 Å². The molecule has 1 fully saturated rings. The van der Waals surface area contributed by atoms with Gasteiger partial charge in [-0.1, -0.05) is 28.0 Å². The lowest BCUT2D eigenvalue weighted by Gasteiger charge is -2.08. The van der Waals surface area contributed by atoms with Crippen molar-refractivity contribution in [2.24, 2.45) is 0 Å². The number of hydrogen-bond acceptors (Lipinski definition) is 4. The maximum Gasteiger partial charge on any atom is 0.327 e. The van der Waals surface area contributed by atoms with E-state index in [1.165, 1.54) is 12.2 Å². The minimum atomic E-state index is -3.99. The van der Waals surface area contributed by atoms with E-state index in [0.29, 0.717) is 6.42 Å². The predicted molar refractivity (Wildman–Crippen MR) is 76.8 cm³/mol. The molecule has 3 N–H and O–H groups in total. The van der Waals surface area contributed by atoms with E-state index < -0.39 is 7.60 Å². The largest absolute Gasteiger partial charge is 0.355 e. The van der Waals surface area contributed by atoms with Gasteiger partial charge in [0.15, 0.2) is 0 Å². The van der Waals surface area contributed by atoms with Gasteiger partial charge in [0.2, 0.25) is 5.91 Å². The smallest absolute Gasteiger partial charge is 0.327 e. The van der Waals surface area contributed by atoms with E-state index in [4.69, 9.17) is 9.79 Å². The lowest BCUT2D eigenvalue weighted by molar-refractivity contribution is -0.121. The van der Waals surface area contributed by atoms with Crippen molar-refractivity contribution < 1.29 is 19.1 Å². The average molecular weight is 313 g/mol. The summed E-state index contributed by atoms with van der Waals surface area (Å²) in [6, 6.07) is 0. The molecule has 18 heavy (non-hydrogen) atoms. The van der Waals surface area contributed by atoms with Crippen LogP contribution >= 0.6 is 29.2 Å². The van der Waals surface area contributed by atoms with Gasteiger partial charge in [0.25, 0.3) is 0 Å². The van der Waals surface area contributed by atoms with Gasteiger partial charge in [0, 0.05) is 24.0 Å². The molecule has 106 valence electrons. The van der Waals surface area contributed by atoms with E-state index >= 15 is 0 Å². The van der Waals surface area contributed by atoms with Crippen molar-refractivity contribution in [3.63, 3.8) is 0 Å². The lowest BCUT2D eigenvalue weighted by atomic mass is 10.1. The van der Waals surface area contributed by atoms with Crippen molar-refractivity contribution in [2.75, 3.05) is 18.5 Å². The topological polar surface area (TPSA) is 86.6 Å². The van der Waals surface area contributed by atoms with Gasteiger partial charge in [-0.2, -0.15) is 0 Å². The Morgan fingerprint density at radius 2 is 2.17 bits per heavy atom. The van der Waals surface area contributed by atoms with Gasteiger partial charge in [-0.15, -0.1) is 0 Å². The van der Waals surface area contributed by atoms with Gasteiger partial charge in [0.05, 0.1) is 6.16 Å². The number of nitrogens with one attached hydrogen (secondary N) is 1. The van der Waals surface area contributed by atoms with E-state index in [-0.39, 0.29) is 18.6 Å². The molecular formula is C10H20NO4PS2. The third kappa shape index (κ3) is 8.43. The fraction of sp³-hybridized carbons (Fsp3) is 0.900. The van der Waals surface area contributed by atoms with Gasteiger partial charge < -0.3 is 15.1 Å². The zero-order valence-corrected chi connectivity index (χ0v) is 12.7. The Bertz CT molecular complexity index is 304. The predicted octanol–water partition coefficient (Wildman–Crippen LogP) is 1.99. The summed E-state index contributed by atoms with van der Waals surface area (Å²) >= 11 is 0. The van der Waals surface area contributed by atoms with Crippen molar-refractivity contribution in [3.05, 3.63) is 0 Å². The van der Waals surface area contributed by atoms with Gasteiger partial charge >= 0.3 is 7.60 Å². The number of carbonyl (C=O) groups excluding carboxylic acids is 1. The highest BCUT2D eigenvalue weighted by Crippen LogP contribution is 2.39. The van der Waals surface area contributed by atoms with Crippen molar-refractivity contribution in [2.45, 2.75) is 37.4 Å². The number of hydrogen-bond donors (Lipinski definition) is 3. The number of carbonyl (C=O) groups is 1. The number of unbranched alkanes of at least 4 members (excludes halogenated alkanes) is 1. The quantitative estimate of drug-likeness (QED) is 0.361. The van der Waals surface area contributed by atoms with Gasteiger partial charge in [-0.3, -0.25) is 9.36 Å². The molecule has 1 rings (SSSR count). The van der Waals surface area contributed by atoms with E-state index in [2.05, 4.69) is 5.32 Å². The first kappa shape index (κ1) is 16.4. The summed E-state index contributed by atoms with van der Waals surface area (Å²) in [5.74, 6) is 1.12. The van der Waals surface area contributed by atoms with E-state index in [9.17, 15) is 9.36 Å². The maximum atomic E-state index is 11.4. The fourth-order valence-corrected chi connectivity index (χ4v) is 5.08. The molecule has 0 bridgehead atoms. The first-order chi connectivity index (χ1) is 8.47. The Morgan fingerprint density at radius 1 is 1.39 bits per heavy atom.